The Morgan fingerprint density at radius 3 is 1.74 bits per heavy atom. The molecule has 0 atom stereocenters. The first-order chi connectivity index (χ1) is 8.57. The summed E-state index contributed by atoms with van der Waals surface area (Å²) in [5.41, 5.74) is -0.0322. The Labute approximate surface area is 111 Å². The highest BCUT2D eigenvalue weighted by Gasteiger charge is 2.37. The van der Waals surface area contributed by atoms with E-state index in [1.165, 1.54) is 0 Å². The molecular formula is C13H18BF3O2. The molecule has 0 aliphatic rings. The van der Waals surface area contributed by atoms with Crippen LogP contribution in [-0.4, -0.2) is 17.2 Å². The van der Waals surface area contributed by atoms with E-state index in [0.29, 0.717) is 5.56 Å². The SMILES string of the molecule is CC(C)c1c(B(O)O)ccc(C(F)(F)F)c1C(C)C. The van der Waals surface area contributed by atoms with Crippen LogP contribution in [0.2, 0.25) is 0 Å². The first kappa shape index (κ1) is 16.1. The van der Waals surface area contributed by atoms with Crippen molar-refractivity contribution in [2.24, 2.45) is 0 Å². The second-order valence-corrected chi connectivity index (χ2v) is 5.21. The van der Waals surface area contributed by atoms with Crippen molar-refractivity contribution >= 4 is 12.6 Å². The van der Waals surface area contributed by atoms with Crippen LogP contribution in [-0.2, 0) is 6.18 Å². The van der Waals surface area contributed by atoms with Gasteiger partial charge >= 0.3 is 13.3 Å². The molecule has 0 unspecified atom stereocenters. The molecule has 2 nitrogen and oxygen atoms in total. The van der Waals surface area contributed by atoms with Crippen LogP contribution in [0.15, 0.2) is 12.1 Å². The molecule has 0 saturated carbocycles. The highest BCUT2D eigenvalue weighted by atomic mass is 19.4. The smallest absolute Gasteiger partial charge is 0.423 e. The van der Waals surface area contributed by atoms with Gasteiger partial charge in [-0.25, -0.2) is 0 Å². The maximum absolute atomic E-state index is 13.1. The fraction of sp³-hybridized carbons (Fsp3) is 0.538. The third-order valence-corrected chi connectivity index (χ3v) is 3.06. The molecule has 0 aromatic heterocycles. The normalized spacial score (nSPS) is 12.4. The fourth-order valence-corrected chi connectivity index (χ4v) is 2.39. The summed E-state index contributed by atoms with van der Waals surface area (Å²) >= 11 is 0. The van der Waals surface area contributed by atoms with Gasteiger partial charge in [0.15, 0.2) is 0 Å². The third-order valence-electron chi connectivity index (χ3n) is 3.06. The van der Waals surface area contributed by atoms with Gasteiger partial charge in [-0.3, -0.25) is 0 Å². The van der Waals surface area contributed by atoms with Gasteiger partial charge in [-0.05, 0) is 28.4 Å². The molecule has 1 aromatic rings. The number of hydrogen-bond acceptors (Lipinski definition) is 2. The van der Waals surface area contributed by atoms with E-state index in [-0.39, 0.29) is 22.9 Å². The maximum Gasteiger partial charge on any atom is 0.488 e. The van der Waals surface area contributed by atoms with Gasteiger partial charge in [-0.15, -0.1) is 0 Å². The lowest BCUT2D eigenvalue weighted by Gasteiger charge is -2.24. The second kappa shape index (κ2) is 5.55. The minimum atomic E-state index is -4.44. The summed E-state index contributed by atoms with van der Waals surface area (Å²) in [6, 6.07) is 2.07. The molecule has 0 aliphatic carbocycles. The molecule has 0 saturated heterocycles. The number of hydrogen-bond donors (Lipinski definition) is 2. The fourth-order valence-electron chi connectivity index (χ4n) is 2.39. The molecule has 0 spiro atoms. The van der Waals surface area contributed by atoms with Crippen molar-refractivity contribution in [3.8, 4) is 0 Å². The minimum Gasteiger partial charge on any atom is -0.423 e. The Hall–Kier alpha value is -1.01. The molecule has 1 rings (SSSR count). The summed E-state index contributed by atoms with van der Waals surface area (Å²) in [7, 11) is -1.77. The van der Waals surface area contributed by atoms with Crippen LogP contribution in [0.25, 0.3) is 0 Å². The third kappa shape index (κ3) is 3.31. The van der Waals surface area contributed by atoms with Gasteiger partial charge in [-0.2, -0.15) is 13.2 Å². The molecule has 0 fully saturated rings. The van der Waals surface area contributed by atoms with Gasteiger partial charge in [-0.1, -0.05) is 39.8 Å². The van der Waals surface area contributed by atoms with Crippen molar-refractivity contribution in [3.63, 3.8) is 0 Å². The van der Waals surface area contributed by atoms with Crippen LogP contribution in [0.1, 0.15) is 56.2 Å². The molecule has 106 valence electrons. The standard InChI is InChI=1S/C13H18BF3O2/c1-7(2)11-9(13(15,16)17)5-6-10(14(18)19)12(11)8(3)4/h5-8,18-19H,1-4H3. The average Bonchev–Trinajstić information content (AvgIpc) is 2.25. The van der Waals surface area contributed by atoms with Gasteiger partial charge in [0.2, 0.25) is 0 Å². The van der Waals surface area contributed by atoms with Crippen LogP contribution in [0.3, 0.4) is 0 Å². The van der Waals surface area contributed by atoms with Gasteiger partial charge in [0, 0.05) is 0 Å². The van der Waals surface area contributed by atoms with Crippen LogP contribution >= 0.6 is 0 Å². The topological polar surface area (TPSA) is 40.5 Å². The molecule has 6 heteroatoms. The molecule has 0 bridgehead atoms. The van der Waals surface area contributed by atoms with Crippen LogP contribution < -0.4 is 5.46 Å². The van der Waals surface area contributed by atoms with Crippen LogP contribution in [0.5, 0.6) is 0 Å². The van der Waals surface area contributed by atoms with Crippen LogP contribution in [0.4, 0.5) is 13.2 Å². The number of rotatable bonds is 3. The first-order valence-electron chi connectivity index (χ1n) is 6.17. The Morgan fingerprint density at radius 1 is 0.947 bits per heavy atom. The lowest BCUT2D eigenvalue weighted by atomic mass is 9.70. The van der Waals surface area contributed by atoms with Gasteiger partial charge < -0.3 is 10.0 Å². The summed E-state index contributed by atoms with van der Waals surface area (Å²) < 4.78 is 39.2. The van der Waals surface area contributed by atoms with Gasteiger partial charge in [0.25, 0.3) is 0 Å². The summed E-state index contributed by atoms with van der Waals surface area (Å²) in [6.07, 6.45) is -4.44. The Kier molecular flexibility index (Phi) is 4.69. The lowest BCUT2D eigenvalue weighted by molar-refractivity contribution is -0.138. The summed E-state index contributed by atoms with van der Waals surface area (Å²) in [4.78, 5) is 0. The maximum atomic E-state index is 13.1. The van der Waals surface area contributed by atoms with E-state index in [9.17, 15) is 23.2 Å². The van der Waals surface area contributed by atoms with E-state index in [0.717, 1.165) is 12.1 Å². The molecule has 1 aromatic carbocycles. The van der Waals surface area contributed by atoms with E-state index < -0.39 is 18.9 Å². The highest BCUT2D eigenvalue weighted by molar-refractivity contribution is 6.59. The molecule has 19 heavy (non-hydrogen) atoms. The summed E-state index contributed by atoms with van der Waals surface area (Å²) in [5.74, 6) is -0.579. The van der Waals surface area contributed by atoms with Crippen molar-refractivity contribution in [1.29, 1.82) is 0 Å². The Morgan fingerprint density at radius 2 is 1.42 bits per heavy atom. The van der Waals surface area contributed by atoms with Crippen molar-refractivity contribution in [1.82, 2.24) is 0 Å². The molecule has 0 heterocycles. The van der Waals surface area contributed by atoms with E-state index in [2.05, 4.69) is 0 Å². The molecule has 0 aliphatic heterocycles. The monoisotopic (exact) mass is 274 g/mol. The average molecular weight is 274 g/mol. The highest BCUT2D eigenvalue weighted by Crippen LogP contribution is 2.38. The molecular weight excluding hydrogens is 256 g/mol. The molecule has 2 N–H and O–H groups in total. The van der Waals surface area contributed by atoms with E-state index >= 15 is 0 Å². The zero-order valence-electron chi connectivity index (χ0n) is 11.4. The Balaban J connectivity index is 3.69. The van der Waals surface area contributed by atoms with Crippen molar-refractivity contribution in [2.75, 3.05) is 0 Å². The number of halogens is 3. The summed E-state index contributed by atoms with van der Waals surface area (Å²) in [6.45, 7) is 6.83. The first-order valence-corrected chi connectivity index (χ1v) is 6.17. The van der Waals surface area contributed by atoms with Crippen molar-refractivity contribution < 1.29 is 23.2 Å². The lowest BCUT2D eigenvalue weighted by Crippen LogP contribution is -2.35. The predicted molar refractivity (Wildman–Crippen MR) is 69.4 cm³/mol. The zero-order chi connectivity index (χ0) is 15.0. The van der Waals surface area contributed by atoms with Crippen molar-refractivity contribution in [2.45, 2.75) is 45.7 Å². The Bertz CT molecular complexity index is 454. The quantitative estimate of drug-likeness (QED) is 0.832. The molecule has 0 radical (unpaired) electrons. The molecule has 0 amide bonds. The second-order valence-electron chi connectivity index (χ2n) is 5.21. The minimum absolute atomic E-state index is 0.145. The van der Waals surface area contributed by atoms with Crippen molar-refractivity contribution in [3.05, 3.63) is 28.8 Å². The largest absolute Gasteiger partial charge is 0.488 e. The number of benzene rings is 1. The van der Waals surface area contributed by atoms with E-state index in [1.807, 2.05) is 0 Å². The van der Waals surface area contributed by atoms with Gasteiger partial charge in [0.1, 0.15) is 0 Å². The summed E-state index contributed by atoms with van der Waals surface area (Å²) in [5, 5.41) is 18.7. The van der Waals surface area contributed by atoms with Crippen LogP contribution in [0, 0.1) is 0 Å². The van der Waals surface area contributed by atoms with E-state index in [1.54, 1.807) is 27.7 Å². The van der Waals surface area contributed by atoms with Gasteiger partial charge in [0.05, 0.1) is 5.56 Å². The number of alkyl halides is 3. The van der Waals surface area contributed by atoms with E-state index in [4.69, 9.17) is 0 Å². The zero-order valence-corrected chi connectivity index (χ0v) is 11.4. The predicted octanol–water partition coefficient (Wildman–Crippen LogP) is 2.63.